The van der Waals surface area contributed by atoms with Crippen molar-refractivity contribution in [1.82, 2.24) is 20.1 Å². The Morgan fingerprint density at radius 2 is 2.03 bits per heavy atom. The number of nitrogens with one attached hydrogen (secondary N) is 1. The number of amides is 1. The Labute approximate surface area is 198 Å². The number of carbonyl (C=O) groups excluding carboxylic acids is 1. The number of thioether (sulfide) groups is 1. The van der Waals surface area contributed by atoms with E-state index >= 15 is 0 Å². The van der Waals surface area contributed by atoms with Crippen LogP contribution in [0.25, 0.3) is 0 Å². The van der Waals surface area contributed by atoms with Crippen LogP contribution in [0.2, 0.25) is 5.02 Å². The number of rotatable bonds is 9. The minimum Gasteiger partial charge on any atom is -0.484 e. The normalized spacial score (nSPS) is 26.2. The van der Waals surface area contributed by atoms with Crippen molar-refractivity contribution < 1.29 is 9.53 Å². The topological polar surface area (TPSA) is 69.0 Å². The molecule has 3 fully saturated rings. The van der Waals surface area contributed by atoms with Gasteiger partial charge in [-0.1, -0.05) is 41.9 Å². The van der Waals surface area contributed by atoms with Crippen LogP contribution in [0.5, 0.6) is 5.75 Å². The fraction of sp³-hybridized carbons (Fsp3) is 0.625. The van der Waals surface area contributed by atoms with Gasteiger partial charge in [-0.25, -0.2) is 0 Å². The van der Waals surface area contributed by atoms with Gasteiger partial charge in [0.2, 0.25) is 5.91 Å². The predicted octanol–water partition coefficient (Wildman–Crippen LogP) is 5.27. The van der Waals surface area contributed by atoms with E-state index in [-0.39, 0.29) is 17.2 Å². The Hall–Kier alpha value is -1.73. The molecule has 3 aliphatic carbocycles. The lowest BCUT2D eigenvalue weighted by Gasteiger charge is -2.29. The third-order valence-corrected chi connectivity index (χ3v) is 8.67. The lowest BCUT2D eigenvalue weighted by molar-refractivity contribution is -0.121. The molecule has 0 spiro atoms. The number of carbonyl (C=O) groups is 1. The van der Waals surface area contributed by atoms with Gasteiger partial charge in [-0.3, -0.25) is 9.36 Å². The van der Waals surface area contributed by atoms with Gasteiger partial charge >= 0.3 is 0 Å². The number of ether oxygens (including phenoxy) is 1. The maximum atomic E-state index is 12.9. The lowest BCUT2D eigenvalue weighted by Crippen LogP contribution is -2.43. The van der Waals surface area contributed by atoms with Crippen LogP contribution in [-0.4, -0.2) is 32.0 Å². The summed E-state index contributed by atoms with van der Waals surface area (Å²) in [5, 5.41) is 13.2. The molecule has 5 atom stereocenters. The summed E-state index contributed by atoms with van der Waals surface area (Å²) in [6.07, 6.45) is 7.56. The molecule has 1 aromatic carbocycles. The Balaban J connectivity index is 1.21. The minimum atomic E-state index is -0.227. The van der Waals surface area contributed by atoms with Gasteiger partial charge in [-0.2, -0.15) is 0 Å². The van der Waals surface area contributed by atoms with E-state index in [1.54, 1.807) is 0 Å². The highest BCUT2D eigenvalue weighted by molar-refractivity contribution is 8.00. The van der Waals surface area contributed by atoms with Crippen LogP contribution in [0.1, 0.15) is 64.2 Å². The molecule has 0 aliphatic heterocycles. The molecule has 32 heavy (non-hydrogen) atoms. The van der Waals surface area contributed by atoms with Crippen molar-refractivity contribution in [3.63, 3.8) is 0 Å². The van der Waals surface area contributed by atoms with E-state index in [2.05, 4.69) is 27.0 Å². The molecule has 172 valence electrons. The zero-order valence-electron chi connectivity index (χ0n) is 18.7. The maximum Gasteiger partial charge on any atom is 0.233 e. The summed E-state index contributed by atoms with van der Waals surface area (Å²) in [7, 11) is 0. The highest BCUT2D eigenvalue weighted by atomic mass is 35.5. The molecule has 1 heterocycles. The Morgan fingerprint density at radius 3 is 2.72 bits per heavy atom. The number of fused-ring (bicyclic) bond motifs is 2. The summed E-state index contributed by atoms with van der Waals surface area (Å²) in [6.45, 7) is 4.44. The second-order valence-electron chi connectivity index (χ2n) is 9.62. The summed E-state index contributed by atoms with van der Waals surface area (Å²) in [5.74, 6) is 3.83. The quantitative estimate of drug-likeness (QED) is 0.501. The molecule has 0 saturated heterocycles. The third-order valence-electron chi connectivity index (χ3n) is 7.30. The summed E-state index contributed by atoms with van der Waals surface area (Å²) in [5.41, 5.74) is 0. The van der Waals surface area contributed by atoms with Gasteiger partial charge in [0.25, 0.3) is 0 Å². The van der Waals surface area contributed by atoms with E-state index in [1.165, 1.54) is 37.4 Å². The van der Waals surface area contributed by atoms with E-state index in [4.69, 9.17) is 16.3 Å². The SMILES string of the molecule is CC(Sc1nnc(COc2ccccc2Cl)n1C1CC1)C(=O)NC(C)C1CC2CCC1C2. The maximum absolute atomic E-state index is 12.9. The summed E-state index contributed by atoms with van der Waals surface area (Å²) < 4.78 is 8.04. The molecule has 5 rings (SSSR count). The van der Waals surface area contributed by atoms with Crippen molar-refractivity contribution in [3.8, 4) is 5.75 Å². The van der Waals surface area contributed by atoms with Gasteiger partial charge in [0, 0.05) is 12.1 Å². The van der Waals surface area contributed by atoms with Crippen molar-refractivity contribution in [2.24, 2.45) is 17.8 Å². The molecule has 5 unspecified atom stereocenters. The zero-order chi connectivity index (χ0) is 22.2. The summed E-state index contributed by atoms with van der Waals surface area (Å²) in [6, 6.07) is 8.05. The van der Waals surface area contributed by atoms with Crippen LogP contribution in [0.15, 0.2) is 29.4 Å². The van der Waals surface area contributed by atoms with E-state index in [0.717, 1.165) is 35.7 Å². The molecular weight excluding hydrogens is 444 g/mol. The first-order valence-corrected chi connectivity index (χ1v) is 13.0. The monoisotopic (exact) mass is 474 g/mol. The lowest BCUT2D eigenvalue weighted by atomic mass is 9.84. The molecule has 0 radical (unpaired) electrons. The molecular formula is C24H31ClN4O2S. The second-order valence-corrected chi connectivity index (χ2v) is 11.3. The van der Waals surface area contributed by atoms with Crippen molar-refractivity contribution >= 4 is 29.3 Å². The molecule has 1 amide bonds. The van der Waals surface area contributed by atoms with Crippen molar-refractivity contribution in [1.29, 1.82) is 0 Å². The van der Waals surface area contributed by atoms with Gasteiger partial charge in [0.15, 0.2) is 11.0 Å². The molecule has 1 N–H and O–H groups in total. The number of halogens is 1. The van der Waals surface area contributed by atoms with E-state index in [0.29, 0.717) is 29.3 Å². The minimum absolute atomic E-state index is 0.0875. The number of para-hydroxylation sites is 1. The number of aromatic nitrogens is 3. The second kappa shape index (κ2) is 9.26. The summed E-state index contributed by atoms with van der Waals surface area (Å²) in [4.78, 5) is 12.9. The first-order chi connectivity index (χ1) is 15.5. The number of benzene rings is 1. The van der Waals surface area contributed by atoms with Crippen LogP contribution in [0.4, 0.5) is 0 Å². The molecule has 6 nitrogen and oxygen atoms in total. The van der Waals surface area contributed by atoms with Gasteiger partial charge < -0.3 is 10.1 Å². The van der Waals surface area contributed by atoms with Crippen LogP contribution >= 0.6 is 23.4 Å². The smallest absolute Gasteiger partial charge is 0.233 e. The fourth-order valence-electron chi connectivity index (χ4n) is 5.46. The largest absolute Gasteiger partial charge is 0.484 e. The average Bonchev–Trinajstić information content (AvgIpc) is 3.19. The molecule has 3 saturated carbocycles. The first kappa shape index (κ1) is 22.1. The average molecular weight is 475 g/mol. The third kappa shape index (κ3) is 4.65. The summed E-state index contributed by atoms with van der Waals surface area (Å²) >= 11 is 7.69. The Bertz CT molecular complexity index is 979. The molecule has 2 bridgehead atoms. The Kier molecular flexibility index (Phi) is 6.39. The predicted molar refractivity (Wildman–Crippen MR) is 126 cm³/mol. The fourth-order valence-corrected chi connectivity index (χ4v) is 6.59. The van der Waals surface area contributed by atoms with Gasteiger partial charge in [-0.15, -0.1) is 10.2 Å². The van der Waals surface area contributed by atoms with E-state index < -0.39 is 0 Å². The number of nitrogens with zero attached hydrogens (tertiary/aromatic N) is 3. The van der Waals surface area contributed by atoms with Gasteiger partial charge in [0.1, 0.15) is 12.4 Å². The van der Waals surface area contributed by atoms with Crippen LogP contribution < -0.4 is 10.1 Å². The standard InChI is InChI=1S/C24H31ClN4O2S/c1-14(19-12-16-7-8-17(19)11-16)26-23(30)15(2)32-24-28-27-22(29(24)18-9-10-18)13-31-21-6-4-3-5-20(21)25/h3-6,14-19H,7-13H2,1-2H3,(H,26,30). The van der Waals surface area contributed by atoms with Crippen LogP contribution in [-0.2, 0) is 11.4 Å². The molecule has 3 aliphatic rings. The van der Waals surface area contributed by atoms with E-state index in [9.17, 15) is 4.79 Å². The first-order valence-electron chi connectivity index (χ1n) is 11.8. The Morgan fingerprint density at radius 1 is 1.22 bits per heavy atom. The van der Waals surface area contributed by atoms with Gasteiger partial charge in [-0.05, 0) is 75.8 Å². The molecule has 2 aromatic rings. The molecule has 8 heteroatoms. The van der Waals surface area contributed by atoms with Crippen LogP contribution in [0, 0.1) is 17.8 Å². The number of hydrogen-bond acceptors (Lipinski definition) is 5. The van der Waals surface area contributed by atoms with Crippen LogP contribution in [0.3, 0.4) is 0 Å². The number of hydrogen-bond donors (Lipinski definition) is 1. The van der Waals surface area contributed by atoms with E-state index in [1.807, 2.05) is 31.2 Å². The van der Waals surface area contributed by atoms with Crippen molar-refractivity contribution in [2.45, 2.75) is 81.5 Å². The zero-order valence-corrected chi connectivity index (χ0v) is 20.2. The van der Waals surface area contributed by atoms with Crippen molar-refractivity contribution in [3.05, 3.63) is 35.1 Å². The van der Waals surface area contributed by atoms with Crippen molar-refractivity contribution in [2.75, 3.05) is 0 Å². The highest BCUT2D eigenvalue weighted by Crippen LogP contribution is 2.49. The van der Waals surface area contributed by atoms with Gasteiger partial charge in [0.05, 0.1) is 10.3 Å². The molecule has 1 aromatic heterocycles. The highest BCUT2D eigenvalue weighted by Gasteiger charge is 2.42.